The van der Waals surface area contributed by atoms with Gasteiger partial charge in [0.2, 0.25) is 0 Å². The Balaban J connectivity index is 1.89. The highest BCUT2D eigenvalue weighted by atomic mass is 16.5. The van der Waals surface area contributed by atoms with Crippen molar-refractivity contribution in [1.29, 1.82) is 0 Å². The number of hydrogen-bond acceptors (Lipinski definition) is 3. The van der Waals surface area contributed by atoms with Crippen molar-refractivity contribution >= 4 is 5.91 Å². The molecule has 0 aromatic heterocycles. The van der Waals surface area contributed by atoms with Crippen molar-refractivity contribution in [2.45, 2.75) is 12.5 Å². The first-order valence-corrected chi connectivity index (χ1v) is 8.83. The van der Waals surface area contributed by atoms with Crippen LogP contribution in [0.25, 0.3) is 0 Å². The topological polar surface area (TPSA) is 47.6 Å². The molecule has 1 amide bonds. The summed E-state index contributed by atoms with van der Waals surface area (Å²) in [6.45, 7) is 0. The van der Waals surface area contributed by atoms with E-state index >= 15 is 0 Å². The molecule has 1 unspecified atom stereocenters. The van der Waals surface area contributed by atoms with Gasteiger partial charge in [-0.05, 0) is 35.7 Å². The number of nitrogens with one attached hydrogen (secondary N) is 1. The first-order chi connectivity index (χ1) is 13.2. The van der Waals surface area contributed by atoms with Gasteiger partial charge in [0.25, 0.3) is 5.91 Å². The number of carbonyl (C=O) groups is 1. The summed E-state index contributed by atoms with van der Waals surface area (Å²) in [4.78, 5) is 13.0. The predicted molar refractivity (Wildman–Crippen MR) is 106 cm³/mol. The second-order valence-electron chi connectivity index (χ2n) is 6.19. The second-order valence-corrected chi connectivity index (χ2v) is 6.19. The largest absolute Gasteiger partial charge is 0.497 e. The van der Waals surface area contributed by atoms with Gasteiger partial charge in [-0.3, -0.25) is 4.79 Å². The van der Waals surface area contributed by atoms with Gasteiger partial charge in [-0.1, -0.05) is 60.7 Å². The molecule has 0 heterocycles. The van der Waals surface area contributed by atoms with E-state index in [9.17, 15) is 4.79 Å². The highest BCUT2D eigenvalue weighted by Gasteiger charge is 2.19. The second kappa shape index (κ2) is 8.90. The van der Waals surface area contributed by atoms with E-state index in [1.165, 1.54) is 0 Å². The van der Waals surface area contributed by atoms with Crippen molar-refractivity contribution in [3.63, 3.8) is 0 Å². The van der Waals surface area contributed by atoms with Crippen LogP contribution in [-0.4, -0.2) is 20.1 Å². The zero-order valence-corrected chi connectivity index (χ0v) is 15.5. The lowest BCUT2D eigenvalue weighted by Crippen LogP contribution is -2.30. The zero-order valence-electron chi connectivity index (χ0n) is 15.5. The molecule has 3 aromatic carbocycles. The van der Waals surface area contributed by atoms with Gasteiger partial charge >= 0.3 is 0 Å². The Hall–Kier alpha value is -3.27. The third kappa shape index (κ3) is 4.67. The Bertz CT molecular complexity index is 879. The summed E-state index contributed by atoms with van der Waals surface area (Å²) in [7, 11) is 3.13. The molecule has 0 spiro atoms. The summed E-state index contributed by atoms with van der Waals surface area (Å²) in [6, 6.07) is 25.1. The average Bonchev–Trinajstić information content (AvgIpc) is 2.74. The lowest BCUT2D eigenvalue weighted by Gasteiger charge is -2.20. The maximum atomic E-state index is 13.0. The molecule has 0 aliphatic heterocycles. The third-order valence-corrected chi connectivity index (χ3v) is 4.44. The van der Waals surface area contributed by atoms with Crippen molar-refractivity contribution in [2.24, 2.45) is 0 Å². The Morgan fingerprint density at radius 2 is 1.56 bits per heavy atom. The summed E-state index contributed by atoms with van der Waals surface area (Å²) < 4.78 is 10.6. The summed E-state index contributed by atoms with van der Waals surface area (Å²) in [6.07, 6.45) is 0.697. The molecule has 1 atom stereocenters. The Morgan fingerprint density at radius 1 is 0.889 bits per heavy atom. The molecule has 0 fully saturated rings. The van der Waals surface area contributed by atoms with E-state index in [-0.39, 0.29) is 11.9 Å². The van der Waals surface area contributed by atoms with Gasteiger partial charge in [-0.25, -0.2) is 0 Å². The molecule has 1 N–H and O–H groups in total. The van der Waals surface area contributed by atoms with Gasteiger partial charge in [-0.2, -0.15) is 0 Å². The Kier molecular flexibility index (Phi) is 6.10. The number of rotatable bonds is 7. The maximum absolute atomic E-state index is 13.0. The van der Waals surface area contributed by atoms with Gasteiger partial charge in [-0.15, -0.1) is 0 Å². The van der Waals surface area contributed by atoms with Crippen LogP contribution in [0.1, 0.15) is 27.5 Å². The molecule has 138 valence electrons. The first kappa shape index (κ1) is 18.5. The third-order valence-electron chi connectivity index (χ3n) is 4.44. The summed E-state index contributed by atoms with van der Waals surface area (Å²) in [5.41, 5.74) is 2.66. The van der Waals surface area contributed by atoms with Crippen LogP contribution in [0.15, 0.2) is 78.9 Å². The first-order valence-electron chi connectivity index (χ1n) is 8.83. The number of benzene rings is 3. The van der Waals surface area contributed by atoms with Gasteiger partial charge in [0.1, 0.15) is 11.5 Å². The van der Waals surface area contributed by atoms with E-state index in [0.29, 0.717) is 23.5 Å². The average molecular weight is 361 g/mol. The number of hydrogen-bond donors (Lipinski definition) is 1. The van der Waals surface area contributed by atoms with Crippen molar-refractivity contribution in [2.75, 3.05) is 14.2 Å². The summed E-state index contributed by atoms with van der Waals surface area (Å²) in [5.74, 6) is 0.927. The van der Waals surface area contributed by atoms with Crippen LogP contribution < -0.4 is 14.8 Å². The maximum Gasteiger partial charge on any atom is 0.255 e. The van der Waals surface area contributed by atoms with Crippen molar-refractivity contribution in [3.05, 3.63) is 95.6 Å². The van der Waals surface area contributed by atoms with Gasteiger partial charge < -0.3 is 14.8 Å². The summed E-state index contributed by atoms with van der Waals surface area (Å²) in [5, 5.41) is 3.15. The van der Waals surface area contributed by atoms with Crippen LogP contribution in [0.3, 0.4) is 0 Å². The van der Waals surface area contributed by atoms with Crippen LogP contribution in [0.2, 0.25) is 0 Å². The molecule has 3 aromatic rings. The van der Waals surface area contributed by atoms with Gasteiger partial charge in [0, 0.05) is 0 Å². The quantitative estimate of drug-likeness (QED) is 0.678. The van der Waals surface area contributed by atoms with Gasteiger partial charge in [0.15, 0.2) is 0 Å². The number of carbonyl (C=O) groups excluding carboxylic acids is 1. The van der Waals surface area contributed by atoms with Crippen LogP contribution in [0.5, 0.6) is 11.5 Å². The molecule has 4 nitrogen and oxygen atoms in total. The Labute approximate surface area is 159 Å². The van der Waals surface area contributed by atoms with E-state index in [0.717, 1.165) is 11.1 Å². The highest BCUT2D eigenvalue weighted by molar-refractivity contribution is 5.97. The zero-order chi connectivity index (χ0) is 19.1. The van der Waals surface area contributed by atoms with Crippen molar-refractivity contribution in [3.8, 4) is 11.5 Å². The van der Waals surface area contributed by atoms with E-state index in [1.54, 1.807) is 32.4 Å². The minimum absolute atomic E-state index is 0.156. The lowest BCUT2D eigenvalue weighted by atomic mass is 9.98. The van der Waals surface area contributed by atoms with Crippen LogP contribution >= 0.6 is 0 Å². The molecule has 4 heteroatoms. The van der Waals surface area contributed by atoms with Crippen molar-refractivity contribution in [1.82, 2.24) is 5.32 Å². The fourth-order valence-electron chi connectivity index (χ4n) is 3.01. The molecular weight excluding hydrogens is 338 g/mol. The smallest absolute Gasteiger partial charge is 0.255 e. The molecule has 0 bridgehead atoms. The molecular formula is C23H23NO3. The van der Waals surface area contributed by atoms with Gasteiger partial charge in [0.05, 0.1) is 25.8 Å². The summed E-state index contributed by atoms with van der Waals surface area (Å²) >= 11 is 0. The molecule has 0 radical (unpaired) electrons. The molecule has 0 aliphatic carbocycles. The van der Waals surface area contributed by atoms with E-state index in [2.05, 4.69) is 17.4 Å². The fraction of sp³-hybridized carbons (Fsp3) is 0.174. The molecule has 0 saturated carbocycles. The van der Waals surface area contributed by atoms with E-state index in [1.807, 2.05) is 48.5 Å². The van der Waals surface area contributed by atoms with E-state index in [4.69, 9.17) is 9.47 Å². The molecule has 27 heavy (non-hydrogen) atoms. The molecule has 0 aliphatic rings. The number of amides is 1. The monoisotopic (exact) mass is 361 g/mol. The highest BCUT2D eigenvalue weighted by Crippen LogP contribution is 2.26. The standard InChI is InChI=1S/C23H23NO3/c1-26-19-13-14-22(27-2)20(16-19)23(25)24-21(18-11-7-4-8-12-18)15-17-9-5-3-6-10-17/h3-14,16,21H,15H2,1-2H3,(H,24,25). The van der Waals surface area contributed by atoms with Crippen LogP contribution in [0, 0.1) is 0 Å². The fourth-order valence-corrected chi connectivity index (χ4v) is 3.01. The normalized spacial score (nSPS) is 11.5. The van der Waals surface area contributed by atoms with Crippen LogP contribution in [0.4, 0.5) is 0 Å². The minimum Gasteiger partial charge on any atom is -0.497 e. The predicted octanol–water partition coefficient (Wildman–Crippen LogP) is 4.42. The number of ether oxygens (including phenoxy) is 2. The van der Waals surface area contributed by atoms with E-state index < -0.39 is 0 Å². The molecule has 0 saturated heterocycles. The number of methoxy groups -OCH3 is 2. The lowest BCUT2D eigenvalue weighted by molar-refractivity contribution is 0.0933. The Morgan fingerprint density at radius 3 is 2.19 bits per heavy atom. The van der Waals surface area contributed by atoms with Crippen LogP contribution in [-0.2, 0) is 6.42 Å². The minimum atomic E-state index is -0.199. The molecule has 3 rings (SSSR count). The van der Waals surface area contributed by atoms with Crippen molar-refractivity contribution < 1.29 is 14.3 Å². The SMILES string of the molecule is COc1ccc(OC)c(C(=O)NC(Cc2ccccc2)c2ccccc2)c1.